The van der Waals surface area contributed by atoms with Crippen molar-refractivity contribution >= 4 is 40.3 Å². The molecule has 12 heteroatoms. The fraction of sp³-hybridized carbons (Fsp3) is 0.174. The monoisotopic (exact) mass is 498 g/mol. The van der Waals surface area contributed by atoms with E-state index in [1.807, 2.05) is 0 Å². The van der Waals surface area contributed by atoms with Gasteiger partial charge in [0, 0.05) is 11.8 Å². The highest BCUT2D eigenvalue weighted by Crippen LogP contribution is 2.29. The second kappa shape index (κ2) is 9.89. The minimum atomic E-state index is -1.28. The smallest absolute Gasteiger partial charge is 0.355 e. The van der Waals surface area contributed by atoms with E-state index >= 15 is 0 Å². The van der Waals surface area contributed by atoms with E-state index in [1.54, 1.807) is 30.3 Å². The van der Waals surface area contributed by atoms with Crippen LogP contribution in [0, 0.1) is 5.82 Å². The van der Waals surface area contributed by atoms with Crippen molar-refractivity contribution in [3.63, 3.8) is 0 Å². The molecule has 1 aliphatic heterocycles. The molecule has 0 radical (unpaired) electrons. The van der Waals surface area contributed by atoms with Crippen molar-refractivity contribution in [3.05, 3.63) is 76.5 Å². The van der Waals surface area contributed by atoms with E-state index in [0.717, 1.165) is 22.3 Å². The Balaban J connectivity index is 1.63. The molecular formula is C23H19FN4O6S. The normalized spacial score (nSPS) is 16.1. The quantitative estimate of drug-likeness (QED) is 0.406. The Kier molecular flexibility index (Phi) is 6.73. The summed E-state index contributed by atoms with van der Waals surface area (Å²) in [6, 6.07) is 9.32. The molecule has 180 valence electrons. The van der Waals surface area contributed by atoms with E-state index < -0.39 is 41.7 Å². The number of aromatic carboxylic acids is 1. The summed E-state index contributed by atoms with van der Waals surface area (Å²) >= 11 is 0.895. The van der Waals surface area contributed by atoms with Gasteiger partial charge in [0.05, 0.1) is 7.11 Å². The largest absolute Gasteiger partial charge is 0.494 e. The number of urea groups is 1. The molecule has 2 aromatic carbocycles. The van der Waals surface area contributed by atoms with Crippen LogP contribution in [0.3, 0.4) is 0 Å². The summed E-state index contributed by atoms with van der Waals surface area (Å²) in [5.74, 6) is -3.45. The Labute approximate surface area is 202 Å². The summed E-state index contributed by atoms with van der Waals surface area (Å²) in [6.07, 6.45) is -0.00725. The molecule has 0 aliphatic carbocycles. The van der Waals surface area contributed by atoms with Gasteiger partial charge >= 0.3 is 12.0 Å². The number of anilines is 1. The predicted molar refractivity (Wildman–Crippen MR) is 123 cm³/mol. The third-order valence-corrected chi connectivity index (χ3v) is 6.08. The van der Waals surface area contributed by atoms with Crippen molar-refractivity contribution in [1.82, 2.24) is 15.2 Å². The first-order chi connectivity index (χ1) is 16.8. The second-order valence-electron chi connectivity index (χ2n) is 7.52. The number of nitrogens with zero attached hydrogens (tertiary/aromatic N) is 2. The molecule has 1 saturated heterocycles. The number of halogens is 1. The van der Waals surface area contributed by atoms with E-state index in [4.69, 9.17) is 9.84 Å². The van der Waals surface area contributed by atoms with Crippen LogP contribution in [-0.2, 0) is 16.0 Å². The molecule has 10 nitrogen and oxygen atoms in total. The molecule has 4 rings (SSSR count). The number of carbonyl (C=O) groups excluding carboxylic acids is 3. The van der Waals surface area contributed by atoms with Crippen molar-refractivity contribution in [2.45, 2.75) is 18.5 Å². The number of thiazole rings is 1. The number of methoxy groups -OCH3 is 1. The zero-order valence-electron chi connectivity index (χ0n) is 18.2. The zero-order valence-corrected chi connectivity index (χ0v) is 19.0. The lowest BCUT2D eigenvalue weighted by Gasteiger charge is -2.24. The van der Waals surface area contributed by atoms with Gasteiger partial charge in [0.25, 0.3) is 5.91 Å². The van der Waals surface area contributed by atoms with Gasteiger partial charge in [-0.3, -0.25) is 9.59 Å². The average molecular weight is 498 g/mol. The van der Waals surface area contributed by atoms with Crippen LogP contribution < -0.4 is 15.4 Å². The van der Waals surface area contributed by atoms with E-state index in [-0.39, 0.29) is 28.6 Å². The second-order valence-corrected chi connectivity index (χ2v) is 8.38. The van der Waals surface area contributed by atoms with E-state index in [0.29, 0.717) is 5.56 Å². The first-order valence-corrected chi connectivity index (χ1v) is 11.2. The van der Waals surface area contributed by atoms with E-state index in [2.05, 4.69) is 15.6 Å². The Morgan fingerprint density at radius 1 is 1.26 bits per heavy atom. The molecule has 0 saturated carbocycles. The first-order valence-electron chi connectivity index (χ1n) is 10.3. The van der Waals surface area contributed by atoms with Crippen molar-refractivity contribution < 1.29 is 33.4 Å². The lowest BCUT2D eigenvalue weighted by Crippen LogP contribution is -2.49. The minimum absolute atomic E-state index is 0.00583. The highest BCUT2D eigenvalue weighted by molar-refractivity contribution is 7.14. The van der Waals surface area contributed by atoms with Crippen molar-refractivity contribution in [1.29, 1.82) is 0 Å². The zero-order chi connectivity index (χ0) is 25.1. The number of ether oxygens (including phenoxy) is 1. The van der Waals surface area contributed by atoms with Gasteiger partial charge in [-0.2, -0.15) is 0 Å². The number of carbonyl (C=O) groups is 4. The minimum Gasteiger partial charge on any atom is -0.494 e. The Bertz CT molecular complexity index is 1300. The molecular weight excluding hydrogens is 479 g/mol. The maximum Gasteiger partial charge on any atom is 0.355 e. The molecule has 3 N–H and O–H groups in total. The number of nitrogens with one attached hydrogen (secondary N) is 2. The maximum absolute atomic E-state index is 14.2. The number of amides is 4. The summed E-state index contributed by atoms with van der Waals surface area (Å²) in [5, 5.41) is 15.3. The van der Waals surface area contributed by atoms with Gasteiger partial charge in [-0.1, -0.05) is 36.4 Å². The number of carboxylic acids is 1. The van der Waals surface area contributed by atoms with Crippen LogP contribution in [0.15, 0.2) is 53.9 Å². The van der Waals surface area contributed by atoms with Crippen LogP contribution >= 0.6 is 11.3 Å². The molecule has 0 bridgehead atoms. The third kappa shape index (κ3) is 4.96. The summed E-state index contributed by atoms with van der Waals surface area (Å²) in [6.45, 7) is 0. The van der Waals surface area contributed by atoms with Crippen molar-refractivity contribution in [2.24, 2.45) is 0 Å². The molecule has 2 atom stereocenters. The number of imide groups is 1. The number of aromatic nitrogens is 1. The van der Waals surface area contributed by atoms with Crippen molar-refractivity contribution in [3.8, 4) is 5.75 Å². The molecule has 3 aromatic rings. The van der Waals surface area contributed by atoms with Crippen LogP contribution in [0.5, 0.6) is 5.75 Å². The fourth-order valence-electron chi connectivity index (χ4n) is 3.63. The maximum atomic E-state index is 14.2. The fourth-order valence-corrected chi connectivity index (χ4v) is 4.32. The lowest BCUT2D eigenvalue weighted by atomic mass is 10.0. The first kappa shape index (κ1) is 23.8. The summed E-state index contributed by atoms with van der Waals surface area (Å²) in [7, 11) is 1.30. The predicted octanol–water partition coefficient (Wildman–Crippen LogP) is 2.83. The van der Waals surface area contributed by atoms with Crippen LogP contribution in [-0.4, -0.2) is 52.0 Å². The lowest BCUT2D eigenvalue weighted by molar-refractivity contribution is -0.134. The molecule has 1 aliphatic rings. The van der Waals surface area contributed by atoms with Gasteiger partial charge in [-0.25, -0.2) is 23.9 Å². The summed E-state index contributed by atoms with van der Waals surface area (Å²) < 4.78 is 19.1. The number of rotatable bonds is 8. The molecule has 35 heavy (non-hydrogen) atoms. The van der Waals surface area contributed by atoms with Crippen LogP contribution in [0.2, 0.25) is 0 Å². The van der Waals surface area contributed by atoms with Gasteiger partial charge in [0.15, 0.2) is 22.4 Å². The van der Waals surface area contributed by atoms with Gasteiger partial charge in [0.2, 0.25) is 5.91 Å². The molecule has 2 heterocycles. The van der Waals surface area contributed by atoms with Gasteiger partial charge in [0.1, 0.15) is 12.1 Å². The van der Waals surface area contributed by atoms with Gasteiger partial charge in [-0.15, -0.1) is 11.3 Å². The third-order valence-electron chi connectivity index (χ3n) is 5.32. The Hall–Kier alpha value is -4.32. The molecule has 1 aromatic heterocycles. The van der Waals surface area contributed by atoms with Crippen LogP contribution in [0.25, 0.3) is 0 Å². The van der Waals surface area contributed by atoms with Gasteiger partial charge < -0.3 is 20.5 Å². The molecule has 0 spiro atoms. The summed E-state index contributed by atoms with van der Waals surface area (Å²) in [4.78, 5) is 55.1. The Morgan fingerprint density at radius 3 is 2.63 bits per heavy atom. The van der Waals surface area contributed by atoms with Crippen LogP contribution in [0.1, 0.15) is 27.7 Å². The number of carboxylic acid groups (broad SMARTS) is 1. The number of benzene rings is 2. The average Bonchev–Trinajstić information content (AvgIpc) is 3.42. The molecule has 4 amide bonds. The standard InChI is InChI=1S/C23H19FN4O6S/c1-34-17-8-7-13(10-14(17)24)18-20(30)28(23(33)26-18)16(9-12-5-3-2-4-6-12)19(29)27-22-25-15(11-35-22)21(31)32/h2-8,10-11,16,18H,9H2,1H3,(H,26,33)(H,31,32)(H,25,27,29)/t16-,18-/m0/s1. The van der Waals surface area contributed by atoms with Crippen molar-refractivity contribution in [2.75, 3.05) is 12.4 Å². The summed E-state index contributed by atoms with van der Waals surface area (Å²) in [5.41, 5.74) is 0.619. The highest BCUT2D eigenvalue weighted by Gasteiger charge is 2.45. The topological polar surface area (TPSA) is 138 Å². The highest BCUT2D eigenvalue weighted by atomic mass is 32.1. The number of hydrogen-bond acceptors (Lipinski definition) is 7. The van der Waals surface area contributed by atoms with E-state index in [9.17, 15) is 23.6 Å². The van der Waals surface area contributed by atoms with Gasteiger partial charge in [-0.05, 0) is 23.3 Å². The Morgan fingerprint density at radius 2 is 2.00 bits per heavy atom. The molecule has 1 fully saturated rings. The molecule has 0 unspecified atom stereocenters. The van der Waals surface area contributed by atoms with E-state index in [1.165, 1.54) is 24.6 Å². The SMILES string of the molecule is COc1ccc([C@@H]2NC(=O)N([C@@H](Cc3ccccc3)C(=O)Nc3nc(C(=O)O)cs3)C2=O)cc1F. The van der Waals surface area contributed by atoms with Crippen LogP contribution in [0.4, 0.5) is 14.3 Å². The number of hydrogen-bond donors (Lipinski definition) is 3.